The molecule has 1 aliphatic carbocycles. The molecule has 5 heteroatoms. The van der Waals surface area contributed by atoms with Crippen molar-refractivity contribution in [3.8, 4) is 5.69 Å². The van der Waals surface area contributed by atoms with Crippen molar-refractivity contribution >= 4 is 17.4 Å². The second-order valence-electron chi connectivity index (χ2n) is 6.77. The van der Waals surface area contributed by atoms with Crippen molar-refractivity contribution in [3.63, 3.8) is 0 Å². The van der Waals surface area contributed by atoms with Crippen LogP contribution in [-0.4, -0.2) is 27.6 Å². The van der Waals surface area contributed by atoms with Gasteiger partial charge in [0.05, 0.1) is 11.4 Å². The van der Waals surface area contributed by atoms with Crippen molar-refractivity contribution in [1.29, 1.82) is 0 Å². The number of nitrogens with zero attached hydrogens (tertiary/aromatic N) is 4. The van der Waals surface area contributed by atoms with Crippen molar-refractivity contribution in [1.82, 2.24) is 14.5 Å². The average Bonchev–Trinajstić information content (AvgIpc) is 3.29. The van der Waals surface area contributed by atoms with Crippen LogP contribution in [0.15, 0.2) is 53.9 Å². The summed E-state index contributed by atoms with van der Waals surface area (Å²) in [7, 11) is 0. The van der Waals surface area contributed by atoms with Crippen LogP contribution in [0.2, 0.25) is 0 Å². The van der Waals surface area contributed by atoms with Crippen LogP contribution in [0.4, 0.5) is 5.69 Å². The Balaban J connectivity index is 1.64. The molecule has 2 heterocycles. The van der Waals surface area contributed by atoms with Gasteiger partial charge in [-0.05, 0) is 56.9 Å². The third-order valence-corrected chi connectivity index (χ3v) is 6.21. The molecule has 0 saturated carbocycles. The molecule has 1 aliphatic rings. The Hall–Kier alpha value is -2.27. The fourth-order valence-corrected chi connectivity index (χ4v) is 4.91. The lowest BCUT2D eigenvalue weighted by Gasteiger charge is -2.24. The maximum atomic E-state index is 4.99. The molecule has 0 unspecified atom stereocenters. The summed E-state index contributed by atoms with van der Waals surface area (Å²) < 4.78 is 2.34. The first-order valence-electron chi connectivity index (χ1n) is 9.78. The minimum absolute atomic E-state index is 0.924. The van der Waals surface area contributed by atoms with Gasteiger partial charge in [0, 0.05) is 42.6 Å². The molecule has 0 N–H and O–H groups in total. The number of anilines is 1. The van der Waals surface area contributed by atoms with Crippen molar-refractivity contribution in [2.24, 2.45) is 0 Å². The first kappa shape index (κ1) is 18.1. The molecule has 1 aromatic carbocycles. The highest BCUT2D eigenvalue weighted by molar-refractivity contribution is 7.98. The zero-order chi connectivity index (χ0) is 18.6. The number of aromatic nitrogens is 3. The molecule has 0 bridgehead atoms. The number of pyridine rings is 1. The molecule has 2 aromatic heterocycles. The highest BCUT2D eigenvalue weighted by Crippen LogP contribution is 2.34. The number of para-hydroxylation sites is 1. The van der Waals surface area contributed by atoms with Gasteiger partial charge in [-0.15, -0.1) is 0 Å². The van der Waals surface area contributed by atoms with Crippen LogP contribution in [0.3, 0.4) is 0 Å². The molecule has 27 heavy (non-hydrogen) atoms. The highest BCUT2D eigenvalue weighted by atomic mass is 32.2. The predicted molar refractivity (Wildman–Crippen MR) is 113 cm³/mol. The van der Waals surface area contributed by atoms with E-state index in [2.05, 4.69) is 64.7 Å². The van der Waals surface area contributed by atoms with Gasteiger partial charge in [0.2, 0.25) is 0 Å². The topological polar surface area (TPSA) is 34.0 Å². The number of aryl methyl sites for hydroxylation is 1. The quantitative estimate of drug-likeness (QED) is 0.548. The summed E-state index contributed by atoms with van der Waals surface area (Å²) in [5, 5.41) is 1.10. The van der Waals surface area contributed by atoms with E-state index in [0.717, 1.165) is 36.8 Å². The number of hydrogen-bond acceptors (Lipinski definition) is 4. The molecule has 0 amide bonds. The fraction of sp³-hybridized carbons (Fsp3) is 0.364. The van der Waals surface area contributed by atoms with Gasteiger partial charge in [-0.2, -0.15) is 0 Å². The van der Waals surface area contributed by atoms with E-state index < -0.39 is 0 Å². The number of hydrogen-bond donors (Lipinski definition) is 0. The van der Waals surface area contributed by atoms with E-state index >= 15 is 0 Å². The number of thioether (sulfide) groups is 1. The van der Waals surface area contributed by atoms with Crippen LogP contribution < -0.4 is 4.90 Å². The lowest BCUT2D eigenvalue weighted by Crippen LogP contribution is -2.22. The van der Waals surface area contributed by atoms with Crippen LogP contribution in [0.5, 0.6) is 0 Å². The smallest absolute Gasteiger partial charge is 0.173 e. The predicted octanol–water partition coefficient (Wildman–Crippen LogP) is 4.89. The van der Waals surface area contributed by atoms with Gasteiger partial charge in [-0.3, -0.25) is 9.55 Å². The fourth-order valence-electron chi connectivity index (χ4n) is 3.86. The van der Waals surface area contributed by atoms with Gasteiger partial charge in [0.25, 0.3) is 0 Å². The summed E-state index contributed by atoms with van der Waals surface area (Å²) in [5.74, 6) is 0.924. The lowest BCUT2D eigenvalue weighted by atomic mass is 10.2. The number of fused-ring (bicyclic) bond motifs is 1. The third-order valence-electron chi connectivity index (χ3n) is 5.23. The van der Waals surface area contributed by atoms with Gasteiger partial charge >= 0.3 is 0 Å². The minimum atomic E-state index is 0.924. The molecule has 0 radical (unpaired) electrons. The van der Waals surface area contributed by atoms with Gasteiger partial charge in [-0.25, -0.2) is 4.98 Å². The molecular weight excluding hydrogens is 352 g/mol. The monoisotopic (exact) mass is 378 g/mol. The highest BCUT2D eigenvalue weighted by Gasteiger charge is 2.23. The zero-order valence-electron chi connectivity index (χ0n) is 16.1. The molecule has 3 aromatic rings. The van der Waals surface area contributed by atoms with Crippen molar-refractivity contribution < 1.29 is 0 Å². The summed E-state index contributed by atoms with van der Waals surface area (Å²) in [4.78, 5) is 11.6. The Morgan fingerprint density at radius 2 is 1.81 bits per heavy atom. The van der Waals surface area contributed by atoms with E-state index in [1.54, 1.807) is 0 Å². The maximum absolute atomic E-state index is 4.99. The zero-order valence-corrected chi connectivity index (χ0v) is 16.9. The van der Waals surface area contributed by atoms with Crippen LogP contribution in [0.1, 0.15) is 37.2 Å². The normalized spacial score (nSPS) is 13.0. The lowest BCUT2D eigenvalue weighted by molar-refractivity contribution is 0.783. The third kappa shape index (κ3) is 3.61. The Morgan fingerprint density at radius 3 is 2.59 bits per heavy atom. The first-order chi connectivity index (χ1) is 13.3. The van der Waals surface area contributed by atoms with Gasteiger partial charge in [0.15, 0.2) is 5.16 Å². The summed E-state index contributed by atoms with van der Waals surface area (Å²) in [6.45, 7) is 6.48. The summed E-state index contributed by atoms with van der Waals surface area (Å²) >= 11 is 1.84. The second-order valence-corrected chi connectivity index (χ2v) is 7.71. The second kappa shape index (κ2) is 8.17. The van der Waals surface area contributed by atoms with Crippen LogP contribution in [0.25, 0.3) is 5.69 Å². The summed E-state index contributed by atoms with van der Waals surface area (Å²) in [6, 6.07) is 12.9. The molecule has 0 aliphatic heterocycles. The van der Waals surface area contributed by atoms with Gasteiger partial charge < -0.3 is 4.90 Å². The Bertz CT molecular complexity index is 900. The molecule has 4 nitrogen and oxygen atoms in total. The molecule has 0 fully saturated rings. The van der Waals surface area contributed by atoms with E-state index in [-0.39, 0.29) is 0 Å². The standard InChI is InChI=1S/C22H26N4S/c1-3-25(4-2)20-10-6-5-8-17(20)16-27-22-24-19-9-7-11-21(19)26(22)18-12-14-23-15-13-18/h5-6,8,10,12-15H,3-4,7,9,11,16H2,1-2H3. The SMILES string of the molecule is CCN(CC)c1ccccc1CSc1nc2c(n1-c1ccncc1)CCC2. The summed E-state index contributed by atoms with van der Waals surface area (Å²) in [6.07, 6.45) is 7.14. The van der Waals surface area contributed by atoms with Crippen molar-refractivity contribution in [2.45, 2.75) is 44.0 Å². The van der Waals surface area contributed by atoms with E-state index in [4.69, 9.17) is 4.98 Å². The van der Waals surface area contributed by atoms with Crippen molar-refractivity contribution in [3.05, 3.63) is 65.7 Å². The number of benzene rings is 1. The molecular formula is C22H26N4S. The van der Waals surface area contributed by atoms with E-state index in [1.165, 1.54) is 34.7 Å². The van der Waals surface area contributed by atoms with Gasteiger partial charge in [0.1, 0.15) is 0 Å². The molecule has 0 saturated heterocycles. The minimum Gasteiger partial charge on any atom is -0.372 e. The Kier molecular flexibility index (Phi) is 5.48. The molecule has 0 atom stereocenters. The molecule has 0 spiro atoms. The average molecular weight is 379 g/mol. The Morgan fingerprint density at radius 1 is 1.04 bits per heavy atom. The molecule has 4 rings (SSSR count). The van der Waals surface area contributed by atoms with E-state index in [1.807, 2.05) is 24.2 Å². The number of imidazole rings is 1. The van der Waals surface area contributed by atoms with E-state index in [0.29, 0.717) is 0 Å². The first-order valence-corrected chi connectivity index (χ1v) is 10.8. The van der Waals surface area contributed by atoms with Crippen LogP contribution >= 0.6 is 11.8 Å². The largest absolute Gasteiger partial charge is 0.372 e. The Labute approximate surface area is 165 Å². The van der Waals surface area contributed by atoms with Crippen LogP contribution in [0, 0.1) is 0 Å². The van der Waals surface area contributed by atoms with Crippen molar-refractivity contribution in [2.75, 3.05) is 18.0 Å². The van der Waals surface area contributed by atoms with Crippen LogP contribution in [-0.2, 0) is 18.6 Å². The van der Waals surface area contributed by atoms with Gasteiger partial charge in [-0.1, -0.05) is 30.0 Å². The maximum Gasteiger partial charge on any atom is 0.173 e. The number of rotatable bonds is 7. The molecule has 140 valence electrons. The van der Waals surface area contributed by atoms with E-state index in [9.17, 15) is 0 Å². The summed E-state index contributed by atoms with van der Waals surface area (Å²) in [5.41, 5.74) is 6.52.